The maximum atomic E-state index is 13.2. The van der Waals surface area contributed by atoms with Crippen LogP contribution in [0.25, 0.3) is 0 Å². The molecule has 31 heavy (non-hydrogen) atoms. The molecule has 6 heteroatoms. The number of urea groups is 1. The Kier molecular flexibility index (Phi) is 8.91. The molecule has 0 saturated carbocycles. The molecule has 3 rings (SSSR count). The molecule has 0 aliphatic carbocycles. The summed E-state index contributed by atoms with van der Waals surface area (Å²) < 4.78 is 4.99. The molecule has 0 atom stereocenters. The van der Waals surface area contributed by atoms with E-state index in [1.807, 2.05) is 53.1 Å². The summed E-state index contributed by atoms with van der Waals surface area (Å²) in [5.74, 6) is -0.117. The van der Waals surface area contributed by atoms with Gasteiger partial charge in [0, 0.05) is 26.1 Å². The van der Waals surface area contributed by atoms with Crippen molar-refractivity contribution >= 4 is 12.0 Å². The first-order valence-electron chi connectivity index (χ1n) is 11.2. The first-order valence-corrected chi connectivity index (χ1v) is 11.2. The molecule has 1 saturated heterocycles. The summed E-state index contributed by atoms with van der Waals surface area (Å²) in [6.45, 7) is 5.61. The van der Waals surface area contributed by atoms with Crippen LogP contribution in [0.4, 0.5) is 4.79 Å². The van der Waals surface area contributed by atoms with E-state index in [0.717, 1.165) is 36.9 Å². The van der Waals surface area contributed by atoms with E-state index in [2.05, 4.69) is 29.2 Å². The minimum atomic E-state index is -0.117. The molecule has 6 nitrogen and oxygen atoms in total. The Balaban J connectivity index is 1.57. The van der Waals surface area contributed by atoms with Crippen molar-refractivity contribution < 1.29 is 14.3 Å². The van der Waals surface area contributed by atoms with Crippen LogP contribution in [0, 0.1) is 0 Å². The molecule has 0 radical (unpaired) electrons. The fourth-order valence-corrected chi connectivity index (χ4v) is 3.85. The van der Waals surface area contributed by atoms with Crippen LogP contribution < -0.4 is 0 Å². The quantitative estimate of drug-likeness (QED) is 0.395. The number of benzene rings is 2. The Hall–Kier alpha value is -2.86. The van der Waals surface area contributed by atoms with E-state index in [9.17, 15) is 9.59 Å². The van der Waals surface area contributed by atoms with Gasteiger partial charge >= 0.3 is 12.0 Å². The standard InChI is InChI=1S/C25H33N3O3/c1-2-31-24(29)16-10-5-11-17-26-20-27(18-22-12-6-3-7-13-22)25(30)28(21-26)19-23-14-8-4-9-15-23/h3-4,6-9,12-15H,2,5,10-11,16-21H2,1H3. The number of carbonyl (C=O) groups is 2. The lowest BCUT2D eigenvalue weighted by Crippen LogP contribution is -2.57. The molecule has 0 N–H and O–H groups in total. The first kappa shape index (κ1) is 22.8. The van der Waals surface area contributed by atoms with E-state index in [4.69, 9.17) is 4.74 Å². The van der Waals surface area contributed by atoms with E-state index in [-0.39, 0.29) is 12.0 Å². The van der Waals surface area contributed by atoms with Crippen molar-refractivity contribution in [3.63, 3.8) is 0 Å². The zero-order chi connectivity index (χ0) is 21.9. The van der Waals surface area contributed by atoms with Crippen molar-refractivity contribution in [2.45, 2.75) is 45.7 Å². The van der Waals surface area contributed by atoms with Crippen LogP contribution in [0.5, 0.6) is 0 Å². The van der Waals surface area contributed by atoms with Gasteiger partial charge in [0.1, 0.15) is 0 Å². The van der Waals surface area contributed by atoms with Gasteiger partial charge in [0.05, 0.1) is 19.9 Å². The summed E-state index contributed by atoms with van der Waals surface area (Å²) in [7, 11) is 0. The SMILES string of the molecule is CCOC(=O)CCCCCN1CN(Cc2ccccc2)C(=O)N(Cc2ccccc2)C1. The third kappa shape index (κ3) is 7.40. The summed E-state index contributed by atoms with van der Waals surface area (Å²) in [4.78, 5) is 30.8. The molecule has 0 bridgehead atoms. The van der Waals surface area contributed by atoms with Gasteiger partial charge in [-0.3, -0.25) is 9.69 Å². The van der Waals surface area contributed by atoms with Crippen molar-refractivity contribution in [2.24, 2.45) is 0 Å². The van der Waals surface area contributed by atoms with Gasteiger partial charge in [0.15, 0.2) is 0 Å². The summed E-state index contributed by atoms with van der Waals surface area (Å²) in [6.07, 6.45) is 3.28. The predicted molar refractivity (Wildman–Crippen MR) is 121 cm³/mol. The maximum Gasteiger partial charge on any atom is 0.322 e. The Labute approximate surface area is 185 Å². The van der Waals surface area contributed by atoms with E-state index in [1.54, 1.807) is 0 Å². The molecular formula is C25H33N3O3. The minimum absolute atomic E-state index is 0.0752. The maximum absolute atomic E-state index is 13.2. The first-order chi connectivity index (χ1) is 15.2. The topological polar surface area (TPSA) is 53.1 Å². The number of nitrogens with zero attached hydrogens (tertiary/aromatic N) is 3. The third-order valence-corrected chi connectivity index (χ3v) is 5.38. The van der Waals surface area contributed by atoms with Crippen LogP contribution in [0.15, 0.2) is 60.7 Å². The summed E-state index contributed by atoms with van der Waals surface area (Å²) >= 11 is 0. The molecular weight excluding hydrogens is 390 g/mol. The van der Waals surface area contributed by atoms with Crippen molar-refractivity contribution in [1.29, 1.82) is 0 Å². The van der Waals surface area contributed by atoms with E-state index >= 15 is 0 Å². The fourth-order valence-electron chi connectivity index (χ4n) is 3.85. The summed E-state index contributed by atoms with van der Waals surface area (Å²) in [6, 6.07) is 20.3. The van der Waals surface area contributed by atoms with Crippen LogP contribution in [0.1, 0.15) is 43.7 Å². The fraction of sp³-hybridized carbons (Fsp3) is 0.440. The van der Waals surface area contributed by atoms with Crippen molar-refractivity contribution in [1.82, 2.24) is 14.7 Å². The van der Waals surface area contributed by atoms with Crippen molar-refractivity contribution in [2.75, 3.05) is 26.5 Å². The van der Waals surface area contributed by atoms with Gasteiger partial charge in [0.25, 0.3) is 0 Å². The normalized spacial score (nSPS) is 14.7. The van der Waals surface area contributed by atoms with Crippen LogP contribution in [-0.2, 0) is 22.6 Å². The van der Waals surface area contributed by atoms with Crippen LogP contribution >= 0.6 is 0 Å². The van der Waals surface area contributed by atoms with Gasteiger partial charge in [-0.15, -0.1) is 0 Å². The molecule has 1 heterocycles. The van der Waals surface area contributed by atoms with Gasteiger partial charge in [-0.1, -0.05) is 67.1 Å². The highest BCUT2D eigenvalue weighted by Crippen LogP contribution is 2.18. The highest BCUT2D eigenvalue weighted by Gasteiger charge is 2.30. The second-order valence-corrected chi connectivity index (χ2v) is 7.94. The molecule has 1 aliphatic rings. The number of ether oxygens (including phenoxy) is 1. The molecule has 0 aromatic heterocycles. The summed E-state index contributed by atoms with van der Waals surface area (Å²) in [5.41, 5.74) is 2.26. The number of unbranched alkanes of at least 4 members (excludes halogenated alkanes) is 2. The van der Waals surface area contributed by atoms with Crippen LogP contribution in [0.3, 0.4) is 0 Å². The number of amides is 2. The summed E-state index contributed by atoms with van der Waals surface area (Å²) in [5, 5.41) is 0. The lowest BCUT2D eigenvalue weighted by atomic mass is 10.2. The second-order valence-electron chi connectivity index (χ2n) is 7.94. The Bertz CT molecular complexity index is 760. The molecule has 1 fully saturated rings. The van der Waals surface area contributed by atoms with Gasteiger partial charge < -0.3 is 14.5 Å². The van der Waals surface area contributed by atoms with Gasteiger partial charge in [-0.2, -0.15) is 0 Å². The van der Waals surface area contributed by atoms with Gasteiger partial charge in [-0.25, -0.2) is 4.79 Å². The number of carbonyl (C=O) groups excluding carboxylic acids is 2. The number of rotatable bonds is 11. The minimum Gasteiger partial charge on any atom is -0.466 e. The monoisotopic (exact) mass is 423 g/mol. The molecule has 2 aromatic rings. The molecule has 0 unspecified atom stereocenters. The van der Waals surface area contributed by atoms with Gasteiger partial charge in [-0.05, 0) is 30.9 Å². The Morgan fingerprint density at radius 3 is 1.90 bits per heavy atom. The largest absolute Gasteiger partial charge is 0.466 e. The van der Waals surface area contributed by atoms with E-state index in [0.29, 0.717) is 39.5 Å². The van der Waals surface area contributed by atoms with E-state index < -0.39 is 0 Å². The third-order valence-electron chi connectivity index (χ3n) is 5.38. The lowest BCUT2D eigenvalue weighted by molar-refractivity contribution is -0.143. The van der Waals surface area contributed by atoms with Crippen LogP contribution in [-0.4, -0.2) is 53.2 Å². The average molecular weight is 424 g/mol. The number of hydrogen-bond acceptors (Lipinski definition) is 4. The average Bonchev–Trinajstić information content (AvgIpc) is 2.78. The zero-order valence-corrected chi connectivity index (χ0v) is 18.4. The lowest BCUT2D eigenvalue weighted by Gasteiger charge is -2.42. The van der Waals surface area contributed by atoms with Crippen molar-refractivity contribution in [3.8, 4) is 0 Å². The Morgan fingerprint density at radius 1 is 0.839 bits per heavy atom. The van der Waals surface area contributed by atoms with Crippen LogP contribution in [0.2, 0.25) is 0 Å². The highest BCUT2D eigenvalue weighted by atomic mass is 16.5. The molecule has 2 amide bonds. The number of esters is 1. The Morgan fingerprint density at radius 2 is 1.39 bits per heavy atom. The van der Waals surface area contributed by atoms with Gasteiger partial charge in [0.2, 0.25) is 0 Å². The molecule has 1 aliphatic heterocycles. The second kappa shape index (κ2) is 12.1. The molecule has 166 valence electrons. The zero-order valence-electron chi connectivity index (χ0n) is 18.4. The van der Waals surface area contributed by atoms with Crippen molar-refractivity contribution in [3.05, 3.63) is 71.8 Å². The smallest absolute Gasteiger partial charge is 0.322 e. The number of hydrogen-bond donors (Lipinski definition) is 0. The predicted octanol–water partition coefficient (Wildman–Crippen LogP) is 4.46. The highest BCUT2D eigenvalue weighted by molar-refractivity contribution is 5.75. The van der Waals surface area contributed by atoms with E-state index in [1.165, 1.54) is 0 Å². The molecule has 2 aromatic carbocycles. The molecule has 0 spiro atoms.